The number of carbonyl (C=O) groups excluding carboxylic acids is 1. The molecule has 0 atom stereocenters. The highest BCUT2D eigenvalue weighted by Crippen LogP contribution is 2.24. The molecular weight excluding hydrogens is 416 g/mol. The lowest BCUT2D eigenvalue weighted by Gasteiger charge is -2.19. The van der Waals surface area contributed by atoms with Crippen LogP contribution in [0.25, 0.3) is 5.70 Å². The second kappa shape index (κ2) is 10.2. The summed E-state index contributed by atoms with van der Waals surface area (Å²) in [5.41, 5.74) is 5.36. The van der Waals surface area contributed by atoms with Crippen molar-refractivity contribution < 1.29 is 26.7 Å². The summed E-state index contributed by atoms with van der Waals surface area (Å²) in [6.45, 7) is 4.75. The van der Waals surface area contributed by atoms with Crippen molar-refractivity contribution in [2.24, 2.45) is 0 Å². The van der Waals surface area contributed by atoms with Crippen LogP contribution >= 0.6 is 0 Å². The summed E-state index contributed by atoms with van der Waals surface area (Å²) >= 11 is 0. The summed E-state index contributed by atoms with van der Waals surface area (Å²) in [6.07, 6.45) is 0. The lowest BCUT2D eigenvalue weighted by atomic mass is 10.1. The molecule has 10 heteroatoms. The fraction of sp³-hybridized carbons (Fsp3) is 0.250. The molecule has 2 rings (SSSR count). The van der Waals surface area contributed by atoms with E-state index in [-0.39, 0.29) is 27.5 Å². The molecule has 7 nitrogen and oxygen atoms in total. The van der Waals surface area contributed by atoms with Crippen LogP contribution in [0.15, 0.2) is 60.0 Å². The van der Waals surface area contributed by atoms with Crippen LogP contribution in [0.2, 0.25) is 0 Å². The lowest BCUT2D eigenvalue weighted by molar-refractivity contribution is -0.0500. The monoisotopic (exact) mass is 439 g/mol. The molecule has 2 aromatic rings. The summed E-state index contributed by atoms with van der Waals surface area (Å²) in [5, 5.41) is 0. The van der Waals surface area contributed by atoms with Crippen molar-refractivity contribution >= 4 is 21.6 Å². The Labute approximate surface area is 174 Å². The normalized spacial score (nSPS) is 11.4. The minimum atomic E-state index is -3.72. The molecule has 0 aliphatic heterocycles. The number of alkyl halides is 2. The zero-order chi connectivity index (χ0) is 22.3. The maximum absolute atomic E-state index is 12.6. The SMILES string of the molecule is C=C(NNC(=O)c1cccc(S(=O)(=O)N(CC)CC)c1)c1ccccc1OC(F)F. The topological polar surface area (TPSA) is 87.7 Å². The zero-order valence-corrected chi connectivity index (χ0v) is 17.4. The van der Waals surface area contributed by atoms with Gasteiger partial charge in [-0.3, -0.25) is 15.6 Å². The summed E-state index contributed by atoms with van der Waals surface area (Å²) in [7, 11) is -3.72. The highest BCUT2D eigenvalue weighted by molar-refractivity contribution is 7.89. The lowest BCUT2D eigenvalue weighted by Crippen LogP contribution is -2.36. The van der Waals surface area contributed by atoms with E-state index in [1.165, 1.54) is 46.8 Å². The van der Waals surface area contributed by atoms with Crippen LogP contribution in [0.5, 0.6) is 5.75 Å². The predicted octanol–water partition coefficient (Wildman–Crippen LogP) is 3.22. The van der Waals surface area contributed by atoms with E-state index in [2.05, 4.69) is 22.2 Å². The number of rotatable bonds is 10. The van der Waals surface area contributed by atoms with E-state index in [1.807, 2.05) is 0 Å². The molecule has 30 heavy (non-hydrogen) atoms. The Hall–Kier alpha value is -2.98. The van der Waals surface area contributed by atoms with Gasteiger partial charge in [0.25, 0.3) is 5.91 Å². The predicted molar refractivity (Wildman–Crippen MR) is 109 cm³/mol. The van der Waals surface area contributed by atoms with Crippen molar-refractivity contribution in [1.82, 2.24) is 15.2 Å². The molecule has 0 fully saturated rings. The number of sulfonamides is 1. The third-order valence-electron chi connectivity index (χ3n) is 4.19. The number of hydrogen-bond donors (Lipinski definition) is 2. The number of nitrogens with one attached hydrogen (secondary N) is 2. The molecule has 162 valence electrons. The first-order chi connectivity index (χ1) is 14.2. The first kappa shape index (κ1) is 23.3. The summed E-state index contributed by atoms with van der Waals surface area (Å²) in [5.74, 6) is -0.730. The maximum atomic E-state index is 12.6. The Bertz CT molecular complexity index is 1010. The van der Waals surface area contributed by atoms with Crippen molar-refractivity contribution in [3.05, 3.63) is 66.2 Å². The van der Waals surface area contributed by atoms with Gasteiger partial charge < -0.3 is 4.74 Å². The van der Waals surface area contributed by atoms with Crippen molar-refractivity contribution in [2.45, 2.75) is 25.4 Å². The quantitative estimate of drug-likeness (QED) is 0.555. The number of benzene rings is 2. The molecule has 0 spiro atoms. The molecule has 0 heterocycles. The molecule has 0 bridgehead atoms. The summed E-state index contributed by atoms with van der Waals surface area (Å²) in [4.78, 5) is 12.5. The van der Waals surface area contributed by atoms with Gasteiger partial charge in [-0.25, -0.2) is 8.42 Å². The second-order valence-corrected chi connectivity index (χ2v) is 7.99. The first-order valence-electron chi connectivity index (χ1n) is 9.10. The van der Waals surface area contributed by atoms with Gasteiger partial charge in [0.2, 0.25) is 10.0 Å². The Morgan fingerprint density at radius 2 is 1.77 bits per heavy atom. The molecule has 0 unspecified atom stereocenters. The average molecular weight is 439 g/mol. The third-order valence-corrected chi connectivity index (χ3v) is 6.24. The van der Waals surface area contributed by atoms with E-state index >= 15 is 0 Å². The number of halogens is 2. The third kappa shape index (κ3) is 5.55. The van der Waals surface area contributed by atoms with Crippen LogP contribution in [0.1, 0.15) is 29.8 Å². The van der Waals surface area contributed by atoms with Gasteiger partial charge in [-0.1, -0.05) is 38.6 Å². The highest BCUT2D eigenvalue weighted by atomic mass is 32.2. The van der Waals surface area contributed by atoms with Gasteiger partial charge in [-0.2, -0.15) is 13.1 Å². The zero-order valence-electron chi connectivity index (χ0n) is 16.6. The van der Waals surface area contributed by atoms with Crippen LogP contribution < -0.4 is 15.6 Å². The fourth-order valence-electron chi connectivity index (χ4n) is 2.70. The molecule has 0 aliphatic rings. The van der Waals surface area contributed by atoms with Gasteiger partial charge in [0.05, 0.1) is 10.6 Å². The van der Waals surface area contributed by atoms with Gasteiger partial charge in [0.15, 0.2) is 0 Å². The van der Waals surface area contributed by atoms with E-state index in [0.717, 1.165) is 0 Å². The number of hydrogen-bond acceptors (Lipinski definition) is 5. The molecule has 0 saturated heterocycles. The summed E-state index contributed by atoms with van der Waals surface area (Å²) in [6, 6.07) is 11.6. The molecular formula is C20H23F2N3O4S. The largest absolute Gasteiger partial charge is 0.434 e. The standard InChI is InChI=1S/C20H23F2N3O4S/c1-4-25(5-2)30(27,28)16-10-8-9-15(13-16)19(26)24-23-14(3)17-11-6-7-12-18(17)29-20(21)22/h6-13,20,23H,3-5H2,1-2H3,(H,24,26). The Kier molecular flexibility index (Phi) is 7.90. The first-order valence-corrected chi connectivity index (χ1v) is 10.5. The van der Waals surface area contributed by atoms with E-state index < -0.39 is 22.5 Å². The van der Waals surface area contributed by atoms with Crippen molar-refractivity contribution in [2.75, 3.05) is 13.1 Å². The average Bonchev–Trinajstić information content (AvgIpc) is 2.72. The van der Waals surface area contributed by atoms with Crippen LogP contribution in [-0.2, 0) is 10.0 Å². The van der Waals surface area contributed by atoms with E-state index in [0.29, 0.717) is 13.1 Å². The van der Waals surface area contributed by atoms with Crippen LogP contribution in [-0.4, -0.2) is 38.3 Å². The van der Waals surface area contributed by atoms with Gasteiger partial charge in [0, 0.05) is 24.2 Å². The second-order valence-electron chi connectivity index (χ2n) is 6.05. The van der Waals surface area contributed by atoms with Crippen molar-refractivity contribution in [3.8, 4) is 5.75 Å². The van der Waals surface area contributed by atoms with Gasteiger partial charge in [0.1, 0.15) is 5.75 Å². The fourth-order valence-corrected chi connectivity index (χ4v) is 4.20. The van der Waals surface area contributed by atoms with Gasteiger partial charge in [-0.15, -0.1) is 0 Å². The van der Waals surface area contributed by atoms with Crippen LogP contribution in [0.4, 0.5) is 8.78 Å². The van der Waals surface area contributed by atoms with Gasteiger partial charge >= 0.3 is 6.61 Å². The smallest absolute Gasteiger partial charge is 0.387 e. The van der Waals surface area contributed by atoms with Crippen LogP contribution in [0, 0.1) is 0 Å². The molecule has 0 aliphatic carbocycles. The molecule has 2 aromatic carbocycles. The maximum Gasteiger partial charge on any atom is 0.387 e. The molecule has 0 aromatic heterocycles. The van der Waals surface area contributed by atoms with E-state index in [1.54, 1.807) is 19.9 Å². The van der Waals surface area contributed by atoms with Gasteiger partial charge in [-0.05, 0) is 30.3 Å². The number of ether oxygens (including phenoxy) is 1. The number of nitrogens with zero attached hydrogens (tertiary/aromatic N) is 1. The molecule has 0 radical (unpaired) electrons. The van der Waals surface area contributed by atoms with E-state index in [9.17, 15) is 22.0 Å². The minimum absolute atomic E-state index is 0.00615. The summed E-state index contributed by atoms with van der Waals surface area (Å²) < 4.78 is 56.1. The number of para-hydroxylation sites is 1. The van der Waals surface area contributed by atoms with Crippen LogP contribution in [0.3, 0.4) is 0 Å². The molecule has 1 amide bonds. The molecule has 2 N–H and O–H groups in total. The molecule has 0 saturated carbocycles. The minimum Gasteiger partial charge on any atom is -0.434 e. The highest BCUT2D eigenvalue weighted by Gasteiger charge is 2.22. The van der Waals surface area contributed by atoms with E-state index in [4.69, 9.17) is 0 Å². The van der Waals surface area contributed by atoms with Crippen molar-refractivity contribution in [1.29, 1.82) is 0 Å². The Morgan fingerprint density at radius 1 is 1.10 bits per heavy atom. The number of carbonyl (C=O) groups is 1. The Morgan fingerprint density at radius 3 is 2.40 bits per heavy atom. The van der Waals surface area contributed by atoms with Crippen molar-refractivity contribution in [3.63, 3.8) is 0 Å². The Balaban J connectivity index is 2.14. The number of amides is 1. The number of hydrazine groups is 1.